The van der Waals surface area contributed by atoms with Gasteiger partial charge in [-0.15, -0.1) is 0 Å². The van der Waals surface area contributed by atoms with Gasteiger partial charge >= 0.3 is 0 Å². The summed E-state index contributed by atoms with van der Waals surface area (Å²) in [5.74, 6) is 0.348. The Balaban J connectivity index is 1.35. The minimum atomic E-state index is -0.236. The summed E-state index contributed by atoms with van der Waals surface area (Å²) in [5.41, 5.74) is 1.18. The molecule has 0 radical (unpaired) electrons. The van der Waals surface area contributed by atoms with E-state index in [9.17, 15) is 4.79 Å². The molecule has 6 nitrogen and oxygen atoms in total. The molecule has 24 heavy (non-hydrogen) atoms. The molecule has 1 aliphatic heterocycles. The van der Waals surface area contributed by atoms with Gasteiger partial charge < -0.3 is 19.3 Å². The molecule has 2 aromatic rings. The second-order valence-corrected chi connectivity index (χ2v) is 5.76. The second kappa shape index (κ2) is 8.61. The van der Waals surface area contributed by atoms with Gasteiger partial charge in [0.15, 0.2) is 11.5 Å². The quantitative estimate of drug-likeness (QED) is 0.753. The van der Waals surface area contributed by atoms with Gasteiger partial charge in [0, 0.05) is 31.4 Å². The van der Waals surface area contributed by atoms with Crippen LogP contribution in [0.5, 0.6) is 0 Å². The molecule has 6 heteroatoms. The summed E-state index contributed by atoms with van der Waals surface area (Å²) in [7, 11) is 0. The van der Waals surface area contributed by atoms with Gasteiger partial charge in [-0.1, -0.05) is 35.5 Å². The van der Waals surface area contributed by atoms with Crippen LogP contribution in [-0.2, 0) is 9.47 Å². The summed E-state index contributed by atoms with van der Waals surface area (Å²) in [6, 6.07) is 11.2. The number of aromatic nitrogens is 1. The predicted octanol–water partition coefficient (Wildman–Crippen LogP) is 2.66. The van der Waals surface area contributed by atoms with Crippen molar-refractivity contribution in [3.05, 3.63) is 42.1 Å². The Bertz CT molecular complexity index is 635. The highest BCUT2D eigenvalue weighted by atomic mass is 16.5. The molecule has 1 fully saturated rings. The summed E-state index contributed by atoms with van der Waals surface area (Å²) in [4.78, 5) is 12.0. The van der Waals surface area contributed by atoms with E-state index < -0.39 is 0 Å². The normalized spacial score (nSPS) is 17.1. The number of rotatable bonds is 8. The third-order valence-electron chi connectivity index (χ3n) is 3.88. The molecule has 1 aromatic heterocycles. The molecule has 0 bridgehead atoms. The lowest BCUT2D eigenvalue weighted by Gasteiger charge is -2.09. The Morgan fingerprint density at radius 1 is 1.33 bits per heavy atom. The van der Waals surface area contributed by atoms with Crippen LogP contribution >= 0.6 is 0 Å². The van der Waals surface area contributed by atoms with Crippen LogP contribution in [0.3, 0.4) is 0 Å². The summed E-state index contributed by atoms with van der Waals surface area (Å²) < 4.78 is 16.3. The fourth-order valence-electron chi connectivity index (χ4n) is 2.58. The van der Waals surface area contributed by atoms with Gasteiger partial charge in [0.25, 0.3) is 5.91 Å². The zero-order valence-electron chi connectivity index (χ0n) is 13.6. The molecule has 1 N–H and O–H groups in total. The second-order valence-electron chi connectivity index (χ2n) is 5.76. The minimum Gasteiger partial charge on any atom is -0.379 e. The van der Waals surface area contributed by atoms with E-state index in [-0.39, 0.29) is 17.7 Å². The largest absolute Gasteiger partial charge is 0.379 e. The first-order valence-electron chi connectivity index (χ1n) is 8.32. The van der Waals surface area contributed by atoms with E-state index in [1.165, 1.54) is 0 Å². The third kappa shape index (κ3) is 4.66. The van der Waals surface area contributed by atoms with Crippen molar-refractivity contribution in [2.24, 2.45) is 0 Å². The molecule has 2 heterocycles. The van der Waals surface area contributed by atoms with Crippen molar-refractivity contribution in [1.29, 1.82) is 0 Å². The average Bonchev–Trinajstić information content (AvgIpc) is 3.30. The molecule has 0 saturated carbocycles. The van der Waals surface area contributed by atoms with Gasteiger partial charge in [0.05, 0.1) is 12.7 Å². The number of carbonyl (C=O) groups is 1. The Hall–Kier alpha value is -2.18. The third-order valence-corrected chi connectivity index (χ3v) is 3.88. The van der Waals surface area contributed by atoms with E-state index in [1.54, 1.807) is 6.07 Å². The first kappa shape index (κ1) is 16.7. The van der Waals surface area contributed by atoms with Crippen LogP contribution in [0.2, 0.25) is 0 Å². The topological polar surface area (TPSA) is 73.6 Å². The van der Waals surface area contributed by atoms with Crippen LogP contribution in [0.25, 0.3) is 11.3 Å². The van der Waals surface area contributed by atoms with E-state index in [1.807, 2.05) is 30.3 Å². The zero-order valence-corrected chi connectivity index (χ0v) is 13.6. The molecular weight excluding hydrogens is 308 g/mol. The van der Waals surface area contributed by atoms with Crippen molar-refractivity contribution in [3.63, 3.8) is 0 Å². The number of amides is 1. The van der Waals surface area contributed by atoms with Crippen LogP contribution in [-0.4, -0.2) is 43.5 Å². The molecule has 3 rings (SSSR count). The lowest BCUT2D eigenvalue weighted by Crippen LogP contribution is -2.26. The molecule has 1 aromatic carbocycles. The molecule has 1 atom stereocenters. The summed E-state index contributed by atoms with van der Waals surface area (Å²) in [6.45, 7) is 2.62. The molecule has 0 spiro atoms. The first-order chi connectivity index (χ1) is 11.8. The number of benzene rings is 1. The van der Waals surface area contributed by atoms with Crippen LogP contribution in [0, 0.1) is 0 Å². The number of ether oxygens (including phenoxy) is 2. The van der Waals surface area contributed by atoms with Crippen LogP contribution in [0.4, 0.5) is 0 Å². The number of carbonyl (C=O) groups excluding carboxylic acids is 1. The van der Waals surface area contributed by atoms with E-state index in [0.717, 1.165) is 31.4 Å². The molecule has 128 valence electrons. The van der Waals surface area contributed by atoms with Gasteiger partial charge in [-0.05, 0) is 19.3 Å². The molecular formula is C18H22N2O4. The minimum absolute atomic E-state index is 0.236. The maximum Gasteiger partial charge on any atom is 0.273 e. The zero-order chi connectivity index (χ0) is 16.6. The van der Waals surface area contributed by atoms with Crippen molar-refractivity contribution in [1.82, 2.24) is 10.5 Å². The molecule has 0 aliphatic carbocycles. The Labute approximate surface area is 141 Å². The summed E-state index contributed by atoms with van der Waals surface area (Å²) in [5, 5.41) is 6.64. The monoisotopic (exact) mass is 330 g/mol. The number of nitrogens with one attached hydrogen (secondary N) is 1. The maximum absolute atomic E-state index is 12.0. The van der Waals surface area contributed by atoms with Gasteiger partial charge in [0.1, 0.15) is 0 Å². The lowest BCUT2D eigenvalue weighted by molar-refractivity contribution is 0.0166. The highest BCUT2D eigenvalue weighted by Gasteiger charge is 2.15. The fraction of sp³-hybridized carbons (Fsp3) is 0.444. The van der Waals surface area contributed by atoms with Gasteiger partial charge in [-0.2, -0.15) is 0 Å². The van der Waals surface area contributed by atoms with Crippen molar-refractivity contribution in [2.45, 2.75) is 25.4 Å². The highest BCUT2D eigenvalue weighted by Crippen LogP contribution is 2.19. The van der Waals surface area contributed by atoms with E-state index in [0.29, 0.717) is 25.5 Å². The first-order valence-corrected chi connectivity index (χ1v) is 8.32. The molecule has 1 aliphatic rings. The smallest absolute Gasteiger partial charge is 0.273 e. The van der Waals surface area contributed by atoms with Gasteiger partial charge in [-0.3, -0.25) is 4.79 Å². The van der Waals surface area contributed by atoms with Crippen molar-refractivity contribution < 1.29 is 18.8 Å². The van der Waals surface area contributed by atoms with Crippen LogP contribution in [0.15, 0.2) is 40.9 Å². The average molecular weight is 330 g/mol. The maximum atomic E-state index is 12.0. The predicted molar refractivity (Wildman–Crippen MR) is 88.7 cm³/mol. The lowest BCUT2D eigenvalue weighted by atomic mass is 10.1. The Kier molecular flexibility index (Phi) is 5.98. The van der Waals surface area contributed by atoms with Gasteiger partial charge in [0.2, 0.25) is 0 Å². The van der Waals surface area contributed by atoms with Crippen molar-refractivity contribution in [2.75, 3.05) is 26.4 Å². The number of nitrogens with zero attached hydrogens (tertiary/aromatic N) is 1. The molecule has 1 saturated heterocycles. The highest BCUT2D eigenvalue weighted by molar-refractivity contribution is 5.93. The molecule has 1 amide bonds. The number of hydrogen-bond acceptors (Lipinski definition) is 5. The summed E-state index contributed by atoms with van der Waals surface area (Å²) in [6.07, 6.45) is 3.19. The summed E-state index contributed by atoms with van der Waals surface area (Å²) >= 11 is 0. The van der Waals surface area contributed by atoms with Crippen LogP contribution in [0.1, 0.15) is 29.8 Å². The number of hydrogen-bond donors (Lipinski definition) is 1. The van der Waals surface area contributed by atoms with Crippen molar-refractivity contribution in [3.8, 4) is 11.3 Å². The SMILES string of the molecule is O=C(NCCCOCC1CCCO1)c1cc(-c2ccccc2)on1. The van der Waals surface area contributed by atoms with Crippen molar-refractivity contribution >= 4 is 5.91 Å². The standard InChI is InChI=1S/C18H22N2O4/c21-18(19-9-5-10-22-13-15-8-4-11-23-15)16-12-17(24-20-16)14-6-2-1-3-7-14/h1-3,6-7,12,15H,4-5,8-11,13H2,(H,19,21). The Morgan fingerprint density at radius 3 is 3.00 bits per heavy atom. The van der Waals surface area contributed by atoms with E-state index in [4.69, 9.17) is 14.0 Å². The molecule has 1 unspecified atom stereocenters. The van der Waals surface area contributed by atoms with Gasteiger partial charge in [-0.25, -0.2) is 0 Å². The Morgan fingerprint density at radius 2 is 2.21 bits per heavy atom. The van der Waals surface area contributed by atoms with E-state index in [2.05, 4.69) is 10.5 Å². The van der Waals surface area contributed by atoms with Crippen LogP contribution < -0.4 is 5.32 Å². The van der Waals surface area contributed by atoms with E-state index >= 15 is 0 Å². The fourth-order valence-corrected chi connectivity index (χ4v) is 2.58.